The van der Waals surface area contributed by atoms with Gasteiger partial charge in [-0.25, -0.2) is 14.4 Å². The topological polar surface area (TPSA) is 243 Å². The number of ether oxygens (including phenoxy) is 8. The maximum absolute atomic E-state index is 11.3. The summed E-state index contributed by atoms with van der Waals surface area (Å²) in [5, 5.41) is 15.0. The number of rotatable bonds is 23. The van der Waals surface area contributed by atoms with Crippen LogP contribution in [0.1, 0.15) is 6.92 Å². The third kappa shape index (κ3) is 29.0. The Morgan fingerprint density at radius 1 is 0.737 bits per heavy atom. The largest absolute Gasteiger partial charge is 0.462 e. The van der Waals surface area contributed by atoms with Crippen LogP contribution in [0, 0.1) is 0 Å². The minimum atomic E-state index is -1.08. The van der Waals surface area contributed by atoms with Gasteiger partial charge in [0.25, 0.3) is 0 Å². The molecule has 0 radical (unpaired) electrons. The lowest BCUT2D eigenvalue weighted by molar-refractivity contribution is -0.169. The zero-order chi connectivity index (χ0) is 28.7. The van der Waals surface area contributed by atoms with Crippen molar-refractivity contribution in [3.63, 3.8) is 0 Å². The Morgan fingerprint density at radius 3 is 1.63 bits per heavy atom. The van der Waals surface area contributed by atoms with Crippen LogP contribution >= 0.6 is 0 Å². The van der Waals surface area contributed by atoms with Gasteiger partial charge in [-0.1, -0.05) is 10.2 Å². The van der Waals surface area contributed by atoms with Crippen molar-refractivity contribution in [1.29, 1.82) is 0 Å². The van der Waals surface area contributed by atoms with Gasteiger partial charge in [-0.3, -0.25) is 0 Å². The first-order valence-electron chi connectivity index (χ1n) is 11.4. The first kappa shape index (κ1) is 36.9. The molecule has 218 valence electrons. The highest BCUT2D eigenvalue weighted by molar-refractivity contribution is 5.79. The van der Waals surface area contributed by atoms with Gasteiger partial charge in [-0.15, -0.1) is 0 Å². The number of carbonyl (C=O) groups is 3. The van der Waals surface area contributed by atoms with Crippen LogP contribution in [-0.4, -0.2) is 129 Å². The normalized spacial score (nSPS) is 10.6. The van der Waals surface area contributed by atoms with Crippen LogP contribution in [0.2, 0.25) is 0 Å². The molecule has 0 aromatic rings. The average molecular weight is 553 g/mol. The average Bonchev–Trinajstić information content (AvgIpc) is 2.91. The lowest BCUT2D eigenvalue weighted by Crippen LogP contribution is -2.28. The van der Waals surface area contributed by atoms with Crippen molar-refractivity contribution in [3.05, 3.63) is 20.9 Å². The van der Waals surface area contributed by atoms with Crippen molar-refractivity contribution in [2.24, 2.45) is 10.2 Å². The Balaban J connectivity index is 0. The summed E-state index contributed by atoms with van der Waals surface area (Å²) in [4.78, 5) is 38.0. The second kappa shape index (κ2) is 30.0. The van der Waals surface area contributed by atoms with Crippen molar-refractivity contribution in [3.8, 4) is 0 Å². The van der Waals surface area contributed by atoms with Gasteiger partial charge >= 0.3 is 17.9 Å². The Bertz CT molecular complexity index is 717. The fourth-order valence-electron chi connectivity index (χ4n) is 1.92. The van der Waals surface area contributed by atoms with Gasteiger partial charge < -0.3 is 43.0 Å². The van der Waals surface area contributed by atoms with E-state index >= 15 is 0 Å². The van der Waals surface area contributed by atoms with Crippen LogP contribution in [0.4, 0.5) is 0 Å². The highest BCUT2D eigenvalue weighted by Gasteiger charge is 2.18. The molecule has 0 saturated heterocycles. The fourth-order valence-corrected chi connectivity index (χ4v) is 1.92. The summed E-state index contributed by atoms with van der Waals surface area (Å²) in [6.07, 6.45) is -1.08. The molecule has 0 heterocycles. The van der Waals surface area contributed by atoms with Crippen LogP contribution in [-0.2, 0) is 52.3 Å². The standard InChI is InChI=1S/C11H19N3O7.C9H17N3O5/c1-9(21-10(16)8-15)11(17)20-7-6-19-5-4-18-3-2-13-14-12;1-14-8-9(13)17-7-6-16-5-4-15-3-2-11-12-10/h9,15H,2-8H2,1H3;2-8H2,1H3. The summed E-state index contributed by atoms with van der Waals surface area (Å²) in [6, 6.07) is 0. The highest BCUT2D eigenvalue weighted by atomic mass is 16.6. The van der Waals surface area contributed by atoms with Crippen molar-refractivity contribution in [2.45, 2.75) is 13.0 Å². The third-order valence-corrected chi connectivity index (χ3v) is 3.54. The van der Waals surface area contributed by atoms with Gasteiger partial charge in [0.15, 0.2) is 6.10 Å². The van der Waals surface area contributed by atoms with E-state index in [1.807, 2.05) is 0 Å². The molecule has 0 saturated carbocycles. The van der Waals surface area contributed by atoms with E-state index in [1.165, 1.54) is 14.0 Å². The maximum Gasteiger partial charge on any atom is 0.347 e. The van der Waals surface area contributed by atoms with E-state index in [9.17, 15) is 14.4 Å². The first-order chi connectivity index (χ1) is 18.4. The second-order valence-electron chi connectivity index (χ2n) is 6.47. The molecule has 0 fully saturated rings. The van der Waals surface area contributed by atoms with E-state index in [2.05, 4.69) is 29.5 Å². The van der Waals surface area contributed by atoms with Crippen molar-refractivity contribution in [1.82, 2.24) is 0 Å². The molecule has 0 bridgehead atoms. The number of carbonyl (C=O) groups excluding carboxylic acids is 3. The number of esters is 3. The molecular weight excluding hydrogens is 516 g/mol. The van der Waals surface area contributed by atoms with E-state index < -0.39 is 30.6 Å². The van der Waals surface area contributed by atoms with E-state index in [-0.39, 0.29) is 33.0 Å². The number of hydrogen-bond acceptors (Lipinski definition) is 14. The number of methoxy groups -OCH3 is 1. The zero-order valence-electron chi connectivity index (χ0n) is 21.6. The number of aliphatic hydroxyl groups excluding tert-OH is 1. The SMILES string of the molecule is CC(OC(=O)CO)C(=O)OCCOCCOCCN=[N+]=[N-].COCC(=O)OCCOCCOCCN=[N+]=[N-]. The number of hydrogen-bond donors (Lipinski definition) is 1. The fraction of sp³-hybridized carbons (Fsp3) is 0.850. The minimum Gasteiger partial charge on any atom is -0.462 e. The summed E-state index contributed by atoms with van der Waals surface area (Å²) in [5.74, 6) is -2.03. The molecule has 0 aliphatic heterocycles. The van der Waals surface area contributed by atoms with E-state index in [4.69, 9.17) is 44.6 Å². The Labute approximate surface area is 219 Å². The van der Waals surface area contributed by atoms with Gasteiger partial charge in [0.1, 0.15) is 26.4 Å². The quantitative estimate of drug-likeness (QED) is 0.0449. The van der Waals surface area contributed by atoms with Crippen LogP contribution < -0.4 is 0 Å². The van der Waals surface area contributed by atoms with E-state index in [1.54, 1.807) is 0 Å². The Kier molecular flexibility index (Phi) is 29.2. The Hall–Kier alpha value is -3.21. The summed E-state index contributed by atoms with van der Waals surface area (Å²) < 4.78 is 39.1. The summed E-state index contributed by atoms with van der Waals surface area (Å²) in [7, 11) is 1.42. The molecule has 0 aromatic carbocycles. The number of azide groups is 2. The molecular formula is C20H36N6O12. The molecule has 0 aliphatic carbocycles. The molecule has 0 aliphatic rings. The minimum absolute atomic E-state index is 0.0125. The monoisotopic (exact) mass is 552 g/mol. The lowest BCUT2D eigenvalue weighted by atomic mass is 10.4. The molecule has 0 rings (SSSR count). The molecule has 0 aromatic heterocycles. The highest BCUT2D eigenvalue weighted by Crippen LogP contribution is 1.95. The molecule has 1 unspecified atom stereocenters. The molecule has 0 spiro atoms. The van der Waals surface area contributed by atoms with Gasteiger partial charge in [-0.05, 0) is 18.0 Å². The van der Waals surface area contributed by atoms with Crippen LogP contribution in [0.3, 0.4) is 0 Å². The molecule has 38 heavy (non-hydrogen) atoms. The Morgan fingerprint density at radius 2 is 1.18 bits per heavy atom. The van der Waals surface area contributed by atoms with Crippen LogP contribution in [0.15, 0.2) is 10.2 Å². The molecule has 18 nitrogen and oxygen atoms in total. The summed E-state index contributed by atoms with van der Waals surface area (Å²) in [6.45, 7) is 3.90. The molecule has 0 amide bonds. The van der Waals surface area contributed by atoms with Crippen LogP contribution in [0.25, 0.3) is 20.9 Å². The predicted molar refractivity (Wildman–Crippen MR) is 128 cm³/mol. The van der Waals surface area contributed by atoms with Crippen LogP contribution in [0.5, 0.6) is 0 Å². The lowest BCUT2D eigenvalue weighted by Gasteiger charge is -2.12. The van der Waals surface area contributed by atoms with E-state index in [0.29, 0.717) is 52.8 Å². The third-order valence-electron chi connectivity index (χ3n) is 3.54. The van der Waals surface area contributed by atoms with Crippen molar-refractivity contribution in [2.75, 3.05) is 99.5 Å². The summed E-state index contributed by atoms with van der Waals surface area (Å²) >= 11 is 0. The maximum atomic E-state index is 11.3. The zero-order valence-corrected chi connectivity index (χ0v) is 21.6. The molecule has 1 N–H and O–H groups in total. The van der Waals surface area contributed by atoms with Gasteiger partial charge in [-0.2, -0.15) is 0 Å². The van der Waals surface area contributed by atoms with Crippen molar-refractivity contribution >= 4 is 17.9 Å². The van der Waals surface area contributed by atoms with Gasteiger partial charge in [0, 0.05) is 30.0 Å². The van der Waals surface area contributed by atoms with Crippen molar-refractivity contribution < 1.29 is 57.4 Å². The second-order valence-corrected chi connectivity index (χ2v) is 6.47. The first-order valence-corrected chi connectivity index (χ1v) is 11.4. The number of nitrogens with zero attached hydrogens (tertiary/aromatic N) is 6. The predicted octanol–water partition coefficient (Wildman–Crippen LogP) is 0.317. The smallest absolute Gasteiger partial charge is 0.347 e. The van der Waals surface area contributed by atoms with E-state index in [0.717, 1.165) is 0 Å². The summed E-state index contributed by atoms with van der Waals surface area (Å²) in [5.41, 5.74) is 16.0. The number of aliphatic hydroxyl groups is 1. The van der Waals surface area contributed by atoms with Gasteiger partial charge in [0.2, 0.25) is 0 Å². The molecule has 18 heteroatoms. The molecule has 1 atom stereocenters. The van der Waals surface area contributed by atoms with Gasteiger partial charge in [0.05, 0.1) is 52.9 Å².